The average Bonchev–Trinajstić information content (AvgIpc) is 3.07. The number of anilines is 2. The zero-order chi connectivity index (χ0) is 18.7. The second-order valence-electron chi connectivity index (χ2n) is 5.80. The Kier molecular flexibility index (Phi) is 4.83. The molecular formula is C18H17N3O5. The first kappa shape index (κ1) is 17.4. The molecule has 2 aromatic rings. The molecule has 0 spiro atoms. The van der Waals surface area contributed by atoms with Crippen LogP contribution in [0.5, 0.6) is 5.75 Å². The van der Waals surface area contributed by atoms with Crippen LogP contribution < -0.4 is 15.0 Å². The maximum absolute atomic E-state index is 12.4. The molecule has 1 fully saturated rings. The van der Waals surface area contributed by atoms with Gasteiger partial charge in [0.15, 0.2) is 0 Å². The lowest BCUT2D eigenvalue weighted by Crippen LogP contribution is -2.24. The molecule has 1 aliphatic rings. The summed E-state index contributed by atoms with van der Waals surface area (Å²) in [5.74, 6) is 0.0663. The van der Waals surface area contributed by atoms with Crippen LogP contribution in [0.2, 0.25) is 0 Å². The first-order valence-corrected chi connectivity index (χ1v) is 8.04. The minimum Gasteiger partial charge on any atom is -0.495 e. The normalized spacial score (nSPS) is 13.6. The van der Waals surface area contributed by atoms with Crippen LogP contribution in [0, 0.1) is 10.1 Å². The van der Waals surface area contributed by atoms with E-state index in [0.29, 0.717) is 30.1 Å². The van der Waals surface area contributed by atoms with Gasteiger partial charge in [0.05, 0.1) is 17.7 Å². The molecule has 0 aromatic heterocycles. The highest BCUT2D eigenvalue weighted by Gasteiger charge is 2.25. The quantitative estimate of drug-likeness (QED) is 0.656. The number of methoxy groups -OCH3 is 1. The standard InChI is InChI=1S/C18H17N3O5/c1-26-16-8-7-13(11-15(16)20-9-3-6-17(20)22)19-18(23)12-4-2-5-14(10-12)21(24)25/h2,4-5,7-8,10-11H,3,6,9H2,1H3,(H,19,23). The summed E-state index contributed by atoms with van der Waals surface area (Å²) in [6, 6.07) is 10.5. The Morgan fingerprint density at radius 1 is 1.27 bits per heavy atom. The molecule has 0 unspecified atom stereocenters. The fraction of sp³-hybridized carbons (Fsp3) is 0.222. The Bertz CT molecular complexity index is 881. The van der Waals surface area contributed by atoms with E-state index in [1.165, 1.54) is 31.4 Å². The molecule has 0 saturated carbocycles. The fourth-order valence-electron chi connectivity index (χ4n) is 2.85. The van der Waals surface area contributed by atoms with Gasteiger partial charge in [-0.25, -0.2) is 0 Å². The Labute approximate surface area is 149 Å². The van der Waals surface area contributed by atoms with Gasteiger partial charge in [0.25, 0.3) is 11.6 Å². The molecule has 1 N–H and O–H groups in total. The molecule has 8 nitrogen and oxygen atoms in total. The van der Waals surface area contributed by atoms with E-state index in [4.69, 9.17) is 4.74 Å². The van der Waals surface area contributed by atoms with Crippen molar-refractivity contribution in [1.82, 2.24) is 0 Å². The minimum absolute atomic E-state index is 0.00506. The lowest BCUT2D eigenvalue weighted by molar-refractivity contribution is -0.384. The summed E-state index contributed by atoms with van der Waals surface area (Å²) in [5, 5.41) is 13.5. The summed E-state index contributed by atoms with van der Waals surface area (Å²) < 4.78 is 5.31. The van der Waals surface area contributed by atoms with E-state index in [1.54, 1.807) is 23.1 Å². The van der Waals surface area contributed by atoms with Crippen LogP contribution in [0.4, 0.5) is 17.1 Å². The molecule has 0 bridgehead atoms. The maximum atomic E-state index is 12.4. The van der Waals surface area contributed by atoms with E-state index >= 15 is 0 Å². The zero-order valence-electron chi connectivity index (χ0n) is 14.1. The highest BCUT2D eigenvalue weighted by atomic mass is 16.6. The molecule has 0 atom stereocenters. The Morgan fingerprint density at radius 3 is 2.73 bits per heavy atom. The van der Waals surface area contributed by atoms with Crippen LogP contribution >= 0.6 is 0 Å². The second kappa shape index (κ2) is 7.22. The first-order chi connectivity index (χ1) is 12.5. The number of nitro benzene ring substituents is 1. The summed E-state index contributed by atoms with van der Waals surface area (Å²) in [6.45, 7) is 0.595. The lowest BCUT2D eigenvalue weighted by Gasteiger charge is -2.20. The number of benzene rings is 2. The zero-order valence-corrected chi connectivity index (χ0v) is 14.1. The number of hydrogen-bond donors (Lipinski definition) is 1. The molecule has 0 radical (unpaired) electrons. The van der Waals surface area contributed by atoms with Gasteiger partial charge in [0.1, 0.15) is 5.75 Å². The van der Waals surface area contributed by atoms with Gasteiger partial charge < -0.3 is 15.0 Å². The summed E-state index contributed by atoms with van der Waals surface area (Å²) in [7, 11) is 1.51. The molecule has 2 aromatic carbocycles. The number of hydrogen-bond acceptors (Lipinski definition) is 5. The summed E-state index contributed by atoms with van der Waals surface area (Å²) in [6.07, 6.45) is 1.25. The van der Waals surface area contributed by atoms with Crippen molar-refractivity contribution in [2.75, 3.05) is 23.9 Å². The molecule has 134 valence electrons. The van der Waals surface area contributed by atoms with E-state index in [0.717, 1.165) is 6.42 Å². The van der Waals surface area contributed by atoms with Crippen LogP contribution in [0.1, 0.15) is 23.2 Å². The molecule has 26 heavy (non-hydrogen) atoms. The second-order valence-corrected chi connectivity index (χ2v) is 5.80. The number of ether oxygens (including phenoxy) is 1. The van der Waals surface area contributed by atoms with Crippen molar-refractivity contribution in [2.45, 2.75) is 12.8 Å². The number of carbonyl (C=O) groups is 2. The number of carbonyl (C=O) groups excluding carboxylic acids is 2. The van der Waals surface area contributed by atoms with Crippen molar-refractivity contribution in [2.24, 2.45) is 0 Å². The van der Waals surface area contributed by atoms with Crippen LogP contribution in [0.3, 0.4) is 0 Å². The minimum atomic E-state index is -0.554. The third-order valence-corrected chi connectivity index (χ3v) is 4.12. The predicted molar refractivity (Wildman–Crippen MR) is 95.6 cm³/mol. The highest BCUT2D eigenvalue weighted by Crippen LogP contribution is 2.34. The molecule has 1 aliphatic heterocycles. The number of amides is 2. The smallest absolute Gasteiger partial charge is 0.270 e. The van der Waals surface area contributed by atoms with E-state index in [1.807, 2.05) is 0 Å². The first-order valence-electron chi connectivity index (χ1n) is 8.04. The van der Waals surface area contributed by atoms with E-state index in [-0.39, 0.29) is 17.2 Å². The van der Waals surface area contributed by atoms with Crippen molar-refractivity contribution in [3.63, 3.8) is 0 Å². The van der Waals surface area contributed by atoms with Gasteiger partial charge in [0, 0.05) is 36.3 Å². The summed E-state index contributed by atoms with van der Waals surface area (Å²) in [4.78, 5) is 36.3. The molecule has 1 saturated heterocycles. The van der Waals surface area contributed by atoms with Crippen LogP contribution in [-0.2, 0) is 4.79 Å². The number of non-ortho nitro benzene ring substituents is 1. The van der Waals surface area contributed by atoms with E-state index in [9.17, 15) is 19.7 Å². The van der Waals surface area contributed by atoms with Gasteiger partial charge in [-0.1, -0.05) is 6.07 Å². The molecule has 0 aliphatic carbocycles. The average molecular weight is 355 g/mol. The molecule has 1 heterocycles. The van der Waals surface area contributed by atoms with Gasteiger partial charge in [0.2, 0.25) is 5.91 Å². The van der Waals surface area contributed by atoms with Crippen LogP contribution in [0.25, 0.3) is 0 Å². The number of nitro groups is 1. The van der Waals surface area contributed by atoms with Gasteiger partial charge in [-0.3, -0.25) is 19.7 Å². The Balaban J connectivity index is 1.86. The largest absolute Gasteiger partial charge is 0.495 e. The van der Waals surface area contributed by atoms with Crippen molar-refractivity contribution in [3.8, 4) is 5.75 Å². The number of nitrogens with one attached hydrogen (secondary N) is 1. The van der Waals surface area contributed by atoms with Gasteiger partial charge in [-0.2, -0.15) is 0 Å². The van der Waals surface area contributed by atoms with Crippen molar-refractivity contribution in [3.05, 3.63) is 58.1 Å². The Morgan fingerprint density at radius 2 is 2.08 bits per heavy atom. The summed E-state index contributed by atoms with van der Waals surface area (Å²) >= 11 is 0. The van der Waals surface area contributed by atoms with E-state index in [2.05, 4.69) is 5.32 Å². The SMILES string of the molecule is COc1ccc(NC(=O)c2cccc([N+](=O)[O-])c2)cc1N1CCCC1=O. The third-order valence-electron chi connectivity index (χ3n) is 4.12. The van der Waals surface area contributed by atoms with E-state index < -0.39 is 10.8 Å². The molecule has 8 heteroatoms. The third kappa shape index (κ3) is 3.49. The molecular weight excluding hydrogens is 338 g/mol. The highest BCUT2D eigenvalue weighted by molar-refractivity contribution is 6.05. The van der Waals surface area contributed by atoms with Crippen LogP contribution in [-0.4, -0.2) is 30.4 Å². The maximum Gasteiger partial charge on any atom is 0.270 e. The van der Waals surface area contributed by atoms with Crippen molar-refractivity contribution in [1.29, 1.82) is 0 Å². The molecule has 3 rings (SSSR count). The Hall–Kier alpha value is -3.42. The predicted octanol–water partition coefficient (Wildman–Crippen LogP) is 2.98. The topological polar surface area (TPSA) is 102 Å². The van der Waals surface area contributed by atoms with Gasteiger partial charge in [-0.15, -0.1) is 0 Å². The van der Waals surface area contributed by atoms with Crippen LogP contribution in [0.15, 0.2) is 42.5 Å². The van der Waals surface area contributed by atoms with Crippen molar-refractivity contribution >= 4 is 28.9 Å². The van der Waals surface area contributed by atoms with Gasteiger partial charge >= 0.3 is 0 Å². The monoisotopic (exact) mass is 355 g/mol. The summed E-state index contributed by atoms with van der Waals surface area (Å²) in [5.41, 5.74) is 1.08. The molecule has 2 amide bonds. The number of rotatable bonds is 5. The number of nitrogens with zero attached hydrogens (tertiary/aromatic N) is 2. The fourth-order valence-corrected chi connectivity index (χ4v) is 2.85. The van der Waals surface area contributed by atoms with Gasteiger partial charge in [-0.05, 0) is 30.7 Å². The van der Waals surface area contributed by atoms with Crippen molar-refractivity contribution < 1.29 is 19.2 Å². The lowest BCUT2D eigenvalue weighted by atomic mass is 10.1.